The zero-order valence-electron chi connectivity index (χ0n) is 12.9. The molecule has 2 N–H and O–H groups in total. The number of pyridine rings is 1. The van der Waals surface area contributed by atoms with E-state index in [1.54, 1.807) is 6.20 Å². The molecule has 1 unspecified atom stereocenters. The fraction of sp³-hybridized carbons (Fsp3) is 0.438. The molecule has 0 saturated carbocycles. The monoisotopic (exact) mass is 331 g/mol. The van der Waals surface area contributed by atoms with Gasteiger partial charge < -0.3 is 15.4 Å². The van der Waals surface area contributed by atoms with Gasteiger partial charge in [-0.1, -0.05) is 18.5 Å². The highest BCUT2D eigenvalue weighted by molar-refractivity contribution is 6.30. The summed E-state index contributed by atoms with van der Waals surface area (Å²) in [7, 11) is 0. The lowest BCUT2D eigenvalue weighted by Gasteiger charge is -2.19. The molecule has 2 aliphatic heterocycles. The molecular weight excluding hydrogens is 314 g/mol. The van der Waals surface area contributed by atoms with Crippen molar-refractivity contribution >= 4 is 23.4 Å². The number of anilines is 2. The van der Waals surface area contributed by atoms with Gasteiger partial charge in [0.25, 0.3) is 0 Å². The Balaban J connectivity index is 1.71. The summed E-state index contributed by atoms with van der Waals surface area (Å²) in [5.41, 5.74) is 9.04. The lowest BCUT2D eigenvalue weighted by Crippen LogP contribution is -2.23. The van der Waals surface area contributed by atoms with Crippen LogP contribution in [0, 0.1) is 0 Å². The molecule has 4 heterocycles. The Labute approximate surface area is 139 Å². The summed E-state index contributed by atoms with van der Waals surface area (Å²) in [4.78, 5) is 15.3. The number of rotatable bonds is 3. The number of nitrogens with two attached hydrogens (primary N) is 1. The first kappa shape index (κ1) is 14.5. The van der Waals surface area contributed by atoms with E-state index >= 15 is 0 Å². The van der Waals surface area contributed by atoms with Gasteiger partial charge in [0, 0.05) is 36.2 Å². The van der Waals surface area contributed by atoms with E-state index in [2.05, 4.69) is 26.8 Å². The van der Waals surface area contributed by atoms with Gasteiger partial charge in [-0.3, -0.25) is 4.98 Å². The van der Waals surface area contributed by atoms with Gasteiger partial charge in [0.1, 0.15) is 16.7 Å². The lowest BCUT2D eigenvalue weighted by molar-refractivity contribution is 0.356. The molecule has 7 heteroatoms. The molecule has 1 atom stereocenters. The highest BCUT2D eigenvalue weighted by Gasteiger charge is 2.33. The van der Waals surface area contributed by atoms with Gasteiger partial charge in [0.15, 0.2) is 0 Å². The van der Waals surface area contributed by atoms with E-state index in [1.165, 1.54) is 5.56 Å². The second-order valence-electron chi connectivity index (χ2n) is 5.93. The Morgan fingerprint density at radius 2 is 2.30 bits per heavy atom. The Morgan fingerprint density at radius 3 is 3.13 bits per heavy atom. The molecule has 120 valence electrons. The summed E-state index contributed by atoms with van der Waals surface area (Å²) in [5, 5.41) is 0.469. The van der Waals surface area contributed by atoms with Gasteiger partial charge in [-0.2, -0.15) is 4.98 Å². The van der Waals surface area contributed by atoms with Crippen molar-refractivity contribution in [2.24, 2.45) is 0 Å². The third-order valence-corrected chi connectivity index (χ3v) is 4.88. The smallest absolute Gasteiger partial charge is 0.223 e. The van der Waals surface area contributed by atoms with Crippen LogP contribution in [0.15, 0.2) is 12.3 Å². The number of hydrogen-bond donors (Lipinski definition) is 1. The first-order chi connectivity index (χ1) is 11.2. The summed E-state index contributed by atoms with van der Waals surface area (Å²) in [6.45, 7) is 4.42. The molecule has 2 aromatic heterocycles. The van der Waals surface area contributed by atoms with Gasteiger partial charge in [-0.15, -0.1) is 0 Å². The van der Waals surface area contributed by atoms with E-state index in [0.717, 1.165) is 48.8 Å². The van der Waals surface area contributed by atoms with Crippen molar-refractivity contribution in [1.82, 2.24) is 15.0 Å². The molecule has 0 amide bonds. The van der Waals surface area contributed by atoms with Crippen molar-refractivity contribution < 1.29 is 4.74 Å². The highest BCUT2D eigenvalue weighted by atomic mass is 35.5. The molecule has 23 heavy (non-hydrogen) atoms. The molecule has 0 aromatic carbocycles. The van der Waals surface area contributed by atoms with Crippen LogP contribution in [0.4, 0.5) is 11.8 Å². The summed E-state index contributed by atoms with van der Waals surface area (Å²) >= 11 is 6.32. The third-order valence-electron chi connectivity index (χ3n) is 4.59. The van der Waals surface area contributed by atoms with Gasteiger partial charge in [-0.05, 0) is 12.5 Å². The summed E-state index contributed by atoms with van der Waals surface area (Å²) in [6, 6.07) is 1.93. The zero-order chi connectivity index (χ0) is 16.0. The molecule has 0 saturated heterocycles. The average Bonchev–Trinajstić information content (AvgIpc) is 3.13. The number of aromatic nitrogens is 3. The first-order valence-corrected chi connectivity index (χ1v) is 8.22. The van der Waals surface area contributed by atoms with E-state index in [0.29, 0.717) is 17.6 Å². The molecule has 0 bridgehead atoms. The molecule has 2 aliphatic rings. The second-order valence-corrected chi connectivity index (χ2v) is 6.29. The van der Waals surface area contributed by atoms with Crippen molar-refractivity contribution in [3.8, 4) is 5.75 Å². The fourth-order valence-electron chi connectivity index (χ4n) is 3.45. The summed E-state index contributed by atoms with van der Waals surface area (Å²) < 4.78 is 5.63. The van der Waals surface area contributed by atoms with E-state index < -0.39 is 0 Å². The first-order valence-electron chi connectivity index (χ1n) is 7.84. The van der Waals surface area contributed by atoms with Gasteiger partial charge in [-0.25, -0.2) is 4.98 Å². The van der Waals surface area contributed by atoms with Gasteiger partial charge >= 0.3 is 0 Å². The minimum atomic E-state index is 0.213. The average molecular weight is 332 g/mol. The number of ether oxygens (including phenoxy) is 1. The minimum absolute atomic E-state index is 0.213. The standard InChI is InChI=1S/C16H18ClN5O/c1-2-9-7-22(15-13(9)14(17)20-16(18)21-15)8-11-10-4-6-23-12(10)3-5-19-11/h3,5,9H,2,4,6-8H2,1H3,(H2,18,20,21). The van der Waals surface area contributed by atoms with Crippen LogP contribution in [0.2, 0.25) is 5.15 Å². The van der Waals surface area contributed by atoms with Crippen molar-refractivity contribution in [1.29, 1.82) is 0 Å². The van der Waals surface area contributed by atoms with Crippen molar-refractivity contribution in [3.05, 3.63) is 34.2 Å². The molecule has 0 spiro atoms. The van der Waals surface area contributed by atoms with Gasteiger partial charge in [0.2, 0.25) is 5.95 Å². The predicted octanol–water partition coefficient (Wildman–Crippen LogP) is 2.56. The van der Waals surface area contributed by atoms with E-state index in [4.69, 9.17) is 22.1 Å². The maximum atomic E-state index is 6.32. The molecule has 4 rings (SSSR count). The van der Waals surface area contributed by atoms with Crippen LogP contribution in [0.5, 0.6) is 5.75 Å². The quantitative estimate of drug-likeness (QED) is 0.871. The van der Waals surface area contributed by atoms with E-state index in [1.807, 2.05) is 6.07 Å². The maximum Gasteiger partial charge on any atom is 0.223 e. The third kappa shape index (κ3) is 2.37. The van der Waals surface area contributed by atoms with Crippen LogP contribution < -0.4 is 15.4 Å². The molecular formula is C16H18ClN5O. The van der Waals surface area contributed by atoms with Crippen LogP contribution >= 0.6 is 11.6 Å². The number of fused-ring (bicyclic) bond motifs is 2. The summed E-state index contributed by atoms with van der Waals surface area (Å²) in [6.07, 6.45) is 3.69. The number of halogens is 1. The van der Waals surface area contributed by atoms with Crippen molar-refractivity contribution in [2.45, 2.75) is 32.2 Å². The van der Waals surface area contributed by atoms with Crippen molar-refractivity contribution in [3.63, 3.8) is 0 Å². The number of nitrogens with zero attached hydrogens (tertiary/aromatic N) is 4. The van der Waals surface area contributed by atoms with Gasteiger partial charge in [0.05, 0.1) is 18.8 Å². The SMILES string of the molecule is CCC1CN(Cc2nccc3c2CCO3)c2nc(N)nc(Cl)c21. The Hall–Kier alpha value is -2.08. The van der Waals surface area contributed by atoms with E-state index in [9.17, 15) is 0 Å². The largest absolute Gasteiger partial charge is 0.493 e. The zero-order valence-corrected chi connectivity index (χ0v) is 13.7. The molecule has 0 aliphatic carbocycles. The topological polar surface area (TPSA) is 77.2 Å². The lowest BCUT2D eigenvalue weighted by atomic mass is 10.0. The Kier molecular flexibility index (Phi) is 3.49. The maximum absolute atomic E-state index is 6.32. The number of hydrogen-bond acceptors (Lipinski definition) is 6. The van der Waals surface area contributed by atoms with Crippen molar-refractivity contribution in [2.75, 3.05) is 23.8 Å². The normalized spacial score (nSPS) is 18.7. The molecule has 0 radical (unpaired) electrons. The highest BCUT2D eigenvalue weighted by Crippen LogP contribution is 2.41. The number of nitrogen functional groups attached to an aromatic ring is 1. The Morgan fingerprint density at radius 1 is 1.43 bits per heavy atom. The second kappa shape index (κ2) is 5.53. The van der Waals surface area contributed by atoms with Crippen LogP contribution in [-0.4, -0.2) is 28.1 Å². The molecule has 0 fully saturated rings. The molecule has 6 nitrogen and oxygen atoms in total. The van der Waals surface area contributed by atoms with Crippen LogP contribution in [0.1, 0.15) is 36.1 Å². The van der Waals surface area contributed by atoms with Crippen LogP contribution in [0.25, 0.3) is 0 Å². The van der Waals surface area contributed by atoms with Crippen LogP contribution in [0.3, 0.4) is 0 Å². The fourth-order valence-corrected chi connectivity index (χ4v) is 3.78. The summed E-state index contributed by atoms with van der Waals surface area (Å²) in [5.74, 6) is 2.32. The predicted molar refractivity (Wildman–Crippen MR) is 89.0 cm³/mol. The molecule has 2 aromatic rings. The van der Waals surface area contributed by atoms with E-state index in [-0.39, 0.29) is 5.95 Å². The minimum Gasteiger partial charge on any atom is -0.493 e. The van der Waals surface area contributed by atoms with Crippen LogP contribution in [-0.2, 0) is 13.0 Å². The Bertz CT molecular complexity index is 766.